The molecule has 1 aliphatic rings. The zero-order valence-corrected chi connectivity index (χ0v) is 15.0. The molecule has 2 heterocycles. The first-order valence-electron chi connectivity index (χ1n) is 8.65. The number of anilines is 2. The summed E-state index contributed by atoms with van der Waals surface area (Å²) in [7, 11) is 3.92. The number of amides is 1. The lowest BCUT2D eigenvalue weighted by Crippen LogP contribution is -2.30. The molecule has 1 fully saturated rings. The Balaban J connectivity index is 1.61. The van der Waals surface area contributed by atoms with Gasteiger partial charge in [0.15, 0.2) is 0 Å². The molecule has 1 aliphatic heterocycles. The number of pyridine rings is 1. The molecule has 1 saturated heterocycles. The number of nitrogens with one attached hydrogen (secondary N) is 1. The minimum Gasteiger partial charge on any atom is -0.376 e. The monoisotopic (exact) mass is 343 g/mol. The normalized spacial score (nSPS) is 18.3. The van der Waals surface area contributed by atoms with Crippen molar-refractivity contribution in [2.75, 3.05) is 37.5 Å². The van der Waals surface area contributed by atoms with E-state index in [0.29, 0.717) is 6.61 Å². The predicted molar refractivity (Wildman–Crippen MR) is 99.1 cm³/mol. The van der Waals surface area contributed by atoms with Gasteiger partial charge in [-0.05, 0) is 50.1 Å². The van der Waals surface area contributed by atoms with Gasteiger partial charge in [-0.3, -0.25) is 4.79 Å². The van der Waals surface area contributed by atoms with E-state index in [0.717, 1.165) is 41.9 Å². The number of carbonyl (C=O) groups is 1. The van der Waals surface area contributed by atoms with Crippen molar-refractivity contribution >= 4 is 28.3 Å². The topological polar surface area (TPSA) is 63.7 Å². The van der Waals surface area contributed by atoms with E-state index < -0.39 is 6.10 Å². The summed E-state index contributed by atoms with van der Waals surface area (Å²) < 4.78 is 11.1. The number of ether oxygens (including phenoxy) is 2. The molecule has 2 aromatic rings. The SMILES string of the molecule is C[C@H](OC[C@@H]1CCCO1)C(=O)Nc1ccc2nc(N(C)C)ccc2c1. The second kappa shape index (κ2) is 7.80. The lowest BCUT2D eigenvalue weighted by molar-refractivity contribution is -0.128. The van der Waals surface area contributed by atoms with Crippen molar-refractivity contribution in [3.8, 4) is 0 Å². The highest BCUT2D eigenvalue weighted by molar-refractivity contribution is 5.96. The van der Waals surface area contributed by atoms with Crippen molar-refractivity contribution in [1.82, 2.24) is 4.98 Å². The number of hydrogen-bond acceptors (Lipinski definition) is 5. The summed E-state index contributed by atoms with van der Waals surface area (Å²) in [5.74, 6) is 0.746. The first-order valence-corrected chi connectivity index (χ1v) is 8.65. The van der Waals surface area contributed by atoms with E-state index in [2.05, 4.69) is 10.3 Å². The average Bonchev–Trinajstić information content (AvgIpc) is 3.12. The molecular formula is C19H25N3O3. The fraction of sp³-hybridized carbons (Fsp3) is 0.474. The molecule has 0 spiro atoms. The van der Waals surface area contributed by atoms with Crippen LogP contribution in [0.4, 0.5) is 11.5 Å². The highest BCUT2D eigenvalue weighted by atomic mass is 16.5. The Kier molecular flexibility index (Phi) is 5.50. The Morgan fingerprint density at radius 2 is 2.24 bits per heavy atom. The van der Waals surface area contributed by atoms with Gasteiger partial charge in [0.2, 0.25) is 0 Å². The number of hydrogen-bond donors (Lipinski definition) is 1. The van der Waals surface area contributed by atoms with E-state index in [1.165, 1.54) is 0 Å². The maximum absolute atomic E-state index is 12.3. The zero-order chi connectivity index (χ0) is 17.8. The minimum absolute atomic E-state index is 0.118. The van der Waals surface area contributed by atoms with Gasteiger partial charge >= 0.3 is 0 Å². The summed E-state index contributed by atoms with van der Waals surface area (Å²) in [5, 5.41) is 3.89. The smallest absolute Gasteiger partial charge is 0.253 e. The summed E-state index contributed by atoms with van der Waals surface area (Å²) in [4.78, 5) is 18.8. The number of carbonyl (C=O) groups excluding carboxylic acids is 1. The van der Waals surface area contributed by atoms with Crippen molar-refractivity contribution in [3.63, 3.8) is 0 Å². The molecule has 0 bridgehead atoms. The Hall–Kier alpha value is -2.18. The van der Waals surface area contributed by atoms with Crippen molar-refractivity contribution < 1.29 is 14.3 Å². The Morgan fingerprint density at radius 3 is 2.96 bits per heavy atom. The van der Waals surface area contributed by atoms with Gasteiger partial charge in [-0.15, -0.1) is 0 Å². The highest BCUT2D eigenvalue weighted by Crippen LogP contribution is 2.21. The first-order chi connectivity index (χ1) is 12.0. The lowest BCUT2D eigenvalue weighted by atomic mass is 10.2. The van der Waals surface area contributed by atoms with Crippen LogP contribution in [0, 0.1) is 0 Å². The molecule has 0 radical (unpaired) electrons. The third kappa shape index (κ3) is 4.46. The van der Waals surface area contributed by atoms with Crippen LogP contribution in [0.2, 0.25) is 0 Å². The van der Waals surface area contributed by atoms with E-state index in [1.807, 2.05) is 49.3 Å². The van der Waals surface area contributed by atoms with E-state index in [9.17, 15) is 4.79 Å². The van der Waals surface area contributed by atoms with Gasteiger partial charge in [0.05, 0.1) is 18.2 Å². The van der Waals surface area contributed by atoms with Crippen LogP contribution < -0.4 is 10.2 Å². The van der Waals surface area contributed by atoms with Crippen LogP contribution in [0.25, 0.3) is 10.9 Å². The number of rotatable bonds is 6. The molecule has 2 atom stereocenters. The van der Waals surface area contributed by atoms with Gasteiger partial charge in [-0.25, -0.2) is 4.98 Å². The molecule has 0 saturated carbocycles. The van der Waals surface area contributed by atoms with Gasteiger partial charge in [0.1, 0.15) is 11.9 Å². The molecule has 1 N–H and O–H groups in total. The van der Waals surface area contributed by atoms with E-state index in [4.69, 9.17) is 9.47 Å². The van der Waals surface area contributed by atoms with Crippen LogP contribution >= 0.6 is 0 Å². The molecule has 0 unspecified atom stereocenters. The summed E-state index contributed by atoms with van der Waals surface area (Å²) in [6.45, 7) is 3.01. The Morgan fingerprint density at radius 1 is 1.40 bits per heavy atom. The summed E-state index contributed by atoms with van der Waals surface area (Å²) in [5.41, 5.74) is 1.64. The van der Waals surface area contributed by atoms with Crippen molar-refractivity contribution in [1.29, 1.82) is 0 Å². The molecule has 6 heteroatoms. The molecule has 0 aliphatic carbocycles. The van der Waals surface area contributed by atoms with Crippen molar-refractivity contribution in [2.45, 2.75) is 32.0 Å². The van der Waals surface area contributed by atoms with E-state index in [1.54, 1.807) is 6.92 Å². The minimum atomic E-state index is -0.519. The third-order valence-corrected chi connectivity index (χ3v) is 4.33. The Labute approximate surface area is 148 Å². The second-order valence-corrected chi connectivity index (χ2v) is 6.57. The van der Waals surface area contributed by atoms with E-state index in [-0.39, 0.29) is 12.0 Å². The molecule has 1 aromatic heterocycles. The van der Waals surface area contributed by atoms with Crippen LogP contribution in [0.3, 0.4) is 0 Å². The number of nitrogens with zero attached hydrogens (tertiary/aromatic N) is 2. The van der Waals surface area contributed by atoms with Crippen molar-refractivity contribution in [2.24, 2.45) is 0 Å². The molecule has 134 valence electrons. The summed E-state index contributed by atoms with van der Waals surface area (Å²) in [6.07, 6.45) is 1.66. The lowest BCUT2D eigenvalue weighted by Gasteiger charge is -2.16. The number of fused-ring (bicyclic) bond motifs is 1. The summed E-state index contributed by atoms with van der Waals surface area (Å²) in [6, 6.07) is 9.66. The molecule has 1 amide bonds. The predicted octanol–water partition coefficient (Wildman–Crippen LogP) is 2.82. The van der Waals surface area contributed by atoms with Crippen LogP contribution in [0.1, 0.15) is 19.8 Å². The van der Waals surface area contributed by atoms with Crippen molar-refractivity contribution in [3.05, 3.63) is 30.3 Å². The fourth-order valence-electron chi connectivity index (χ4n) is 2.79. The van der Waals surface area contributed by atoms with Crippen LogP contribution in [0.5, 0.6) is 0 Å². The second-order valence-electron chi connectivity index (χ2n) is 6.57. The number of aromatic nitrogens is 1. The zero-order valence-electron chi connectivity index (χ0n) is 15.0. The largest absolute Gasteiger partial charge is 0.376 e. The molecule has 25 heavy (non-hydrogen) atoms. The van der Waals surface area contributed by atoms with Gasteiger partial charge in [0.25, 0.3) is 5.91 Å². The third-order valence-electron chi connectivity index (χ3n) is 4.33. The molecular weight excluding hydrogens is 318 g/mol. The first kappa shape index (κ1) is 17.6. The average molecular weight is 343 g/mol. The molecule has 3 rings (SSSR count). The van der Waals surface area contributed by atoms with Crippen LogP contribution in [0.15, 0.2) is 30.3 Å². The maximum Gasteiger partial charge on any atom is 0.253 e. The maximum atomic E-state index is 12.3. The quantitative estimate of drug-likeness (QED) is 0.874. The number of benzene rings is 1. The van der Waals surface area contributed by atoms with Gasteiger partial charge in [0, 0.05) is 31.8 Å². The fourth-order valence-corrected chi connectivity index (χ4v) is 2.79. The van der Waals surface area contributed by atoms with Gasteiger partial charge < -0.3 is 19.7 Å². The van der Waals surface area contributed by atoms with Gasteiger partial charge in [-0.1, -0.05) is 0 Å². The summed E-state index contributed by atoms with van der Waals surface area (Å²) >= 11 is 0. The molecule has 1 aromatic carbocycles. The van der Waals surface area contributed by atoms with Crippen LogP contribution in [-0.2, 0) is 14.3 Å². The highest BCUT2D eigenvalue weighted by Gasteiger charge is 2.20. The van der Waals surface area contributed by atoms with E-state index >= 15 is 0 Å². The Bertz CT molecular complexity index is 742. The van der Waals surface area contributed by atoms with Crippen LogP contribution in [-0.4, -0.2) is 50.4 Å². The standard InChI is InChI=1S/C19H25N3O3/c1-13(25-12-16-5-4-10-24-16)19(23)20-15-7-8-17-14(11-15)6-9-18(21-17)22(2)3/h6-9,11,13,16H,4-5,10,12H2,1-3H3,(H,20,23)/t13-,16-/m0/s1. The molecule has 6 nitrogen and oxygen atoms in total. The van der Waals surface area contributed by atoms with Gasteiger partial charge in [-0.2, -0.15) is 0 Å².